The molecule has 3 nitrogen and oxygen atoms in total. The first-order chi connectivity index (χ1) is 11.4. The lowest BCUT2D eigenvalue weighted by atomic mass is 9.82. The molecule has 1 saturated carbocycles. The fraction of sp³-hybridized carbons (Fsp3) is 1.00. The lowest BCUT2D eigenvalue weighted by molar-refractivity contribution is 0.143. The van der Waals surface area contributed by atoms with Crippen LogP contribution >= 0.6 is 0 Å². The number of rotatable bonds is 16. The van der Waals surface area contributed by atoms with Gasteiger partial charge in [0, 0.05) is 13.2 Å². The zero-order chi connectivity index (χ0) is 17.9. The molecule has 0 saturated heterocycles. The SMILES string of the molecule is CC(C)(CCCO)CCCCC(O)CCCCC1(CCCO)CC1. The average Bonchev–Trinajstić information content (AvgIpc) is 3.32. The highest BCUT2D eigenvalue weighted by atomic mass is 16.3. The highest BCUT2D eigenvalue weighted by Gasteiger charge is 2.40. The van der Waals surface area contributed by atoms with E-state index in [0.29, 0.717) is 24.0 Å². The smallest absolute Gasteiger partial charge is 0.0540 e. The van der Waals surface area contributed by atoms with E-state index < -0.39 is 0 Å². The van der Waals surface area contributed by atoms with Crippen molar-refractivity contribution in [3.8, 4) is 0 Å². The van der Waals surface area contributed by atoms with Gasteiger partial charge >= 0.3 is 0 Å². The van der Waals surface area contributed by atoms with Gasteiger partial charge in [-0.05, 0) is 75.0 Å². The van der Waals surface area contributed by atoms with Crippen LogP contribution in [0.2, 0.25) is 0 Å². The predicted molar refractivity (Wildman–Crippen MR) is 101 cm³/mol. The molecule has 0 radical (unpaired) electrons. The maximum atomic E-state index is 10.1. The molecule has 3 N–H and O–H groups in total. The molecule has 0 amide bonds. The van der Waals surface area contributed by atoms with Gasteiger partial charge in [-0.25, -0.2) is 0 Å². The molecule has 0 aliphatic heterocycles. The van der Waals surface area contributed by atoms with Crippen molar-refractivity contribution in [3.63, 3.8) is 0 Å². The molecule has 1 aliphatic rings. The van der Waals surface area contributed by atoms with E-state index in [0.717, 1.165) is 44.9 Å². The second-order valence-corrected chi connectivity index (χ2v) is 8.96. The summed E-state index contributed by atoms with van der Waals surface area (Å²) in [6.07, 6.45) is 15.7. The Morgan fingerprint density at radius 3 is 1.92 bits per heavy atom. The van der Waals surface area contributed by atoms with Gasteiger partial charge in [-0.3, -0.25) is 0 Å². The lowest BCUT2D eigenvalue weighted by Crippen LogP contribution is -2.13. The molecule has 1 aliphatic carbocycles. The molecule has 0 spiro atoms. The van der Waals surface area contributed by atoms with E-state index in [1.807, 2.05) is 0 Å². The minimum Gasteiger partial charge on any atom is -0.396 e. The lowest BCUT2D eigenvalue weighted by Gasteiger charge is -2.24. The molecule has 24 heavy (non-hydrogen) atoms. The van der Waals surface area contributed by atoms with Crippen LogP contribution in [-0.4, -0.2) is 34.6 Å². The van der Waals surface area contributed by atoms with Crippen molar-refractivity contribution < 1.29 is 15.3 Å². The van der Waals surface area contributed by atoms with Crippen LogP contribution in [0, 0.1) is 10.8 Å². The third-order valence-corrected chi connectivity index (χ3v) is 5.97. The maximum absolute atomic E-state index is 10.1. The van der Waals surface area contributed by atoms with Crippen molar-refractivity contribution in [3.05, 3.63) is 0 Å². The Labute approximate surface area is 149 Å². The van der Waals surface area contributed by atoms with Gasteiger partial charge in [-0.2, -0.15) is 0 Å². The van der Waals surface area contributed by atoms with Gasteiger partial charge in [0.05, 0.1) is 6.10 Å². The highest BCUT2D eigenvalue weighted by molar-refractivity contribution is 4.92. The first-order valence-corrected chi connectivity index (χ1v) is 10.3. The largest absolute Gasteiger partial charge is 0.396 e. The van der Waals surface area contributed by atoms with Crippen LogP contribution in [0.25, 0.3) is 0 Å². The minimum atomic E-state index is -0.127. The summed E-state index contributed by atoms with van der Waals surface area (Å²) < 4.78 is 0. The van der Waals surface area contributed by atoms with E-state index in [2.05, 4.69) is 13.8 Å². The summed E-state index contributed by atoms with van der Waals surface area (Å²) in [5.41, 5.74) is 0.884. The van der Waals surface area contributed by atoms with Gasteiger partial charge in [0.25, 0.3) is 0 Å². The quantitative estimate of drug-likeness (QED) is 0.352. The molecule has 1 atom stereocenters. The summed E-state index contributed by atoms with van der Waals surface area (Å²) in [6.45, 7) is 5.19. The first-order valence-electron chi connectivity index (χ1n) is 10.3. The number of aliphatic hydroxyl groups is 3. The first kappa shape index (κ1) is 21.9. The maximum Gasteiger partial charge on any atom is 0.0540 e. The third-order valence-electron chi connectivity index (χ3n) is 5.97. The second-order valence-electron chi connectivity index (χ2n) is 8.96. The van der Waals surface area contributed by atoms with Crippen molar-refractivity contribution in [2.75, 3.05) is 13.2 Å². The van der Waals surface area contributed by atoms with Gasteiger partial charge in [-0.1, -0.05) is 39.5 Å². The van der Waals surface area contributed by atoms with Crippen LogP contribution < -0.4 is 0 Å². The molecule has 1 unspecified atom stereocenters. The van der Waals surface area contributed by atoms with E-state index in [9.17, 15) is 5.11 Å². The van der Waals surface area contributed by atoms with Crippen LogP contribution in [0.4, 0.5) is 0 Å². The third kappa shape index (κ3) is 10.0. The molecular formula is C21H42O3. The molecule has 0 heterocycles. The Hall–Kier alpha value is -0.120. The Morgan fingerprint density at radius 2 is 1.33 bits per heavy atom. The van der Waals surface area contributed by atoms with Gasteiger partial charge in [0.15, 0.2) is 0 Å². The van der Waals surface area contributed by atoms with Crippen molar-refractivity contribution in [1.82, 2.24) is 0 Å². The summed E-state index contributed by atoms with van der Waals surface area (Å²) in [5, 5.41) is 28.0. The molecule has 1 fully saturated rings. The van der Waals surface area contributed by atoms with Crippen LogP contribution in [0.1, 0.15) is 104 Å². The number of hydrogen-bond acceptors (Lipinski definition) is 3. The molecule has 0 aromatic carbocycles. The second kappa shape index (κ2) is 11.5. The van der Waals surface area contributed by atoms with Gasteiger partial charge in [0.1, 0.15) is 0 Å². The number of aliphatic hydroxyl groups excluding tert-OH is 3. The Morgan fingerprint density at radius 1 is 0.792 bits per heavy atom. The monoisotopic (exact) mass is 342 g/mol. The van der Waals surface area contributed by atoms with Crippen LogP contribution in [-0.2, 0) is 0 Å². The van der Waals surface area contributed by atoms with Crippen molar-refractivity contribution in [2.24, 2.45) is 10.8 Å². The van der Waals surface area contributed by atoms with Gasteiger partial charge < -0.3 is 15.3 Å². The summed E-state index contributed by atoms with van der Waals surface area (Å²) in [4.78, 5) is 0. The summed E-state index contributed by atoms with van der Waals surface area (Å²) in [7, 11) is 0. The van der Waals surface area contributed by atoms with E-state index in [4.69, 9.17) is 10.2 Å². The molecule has 0 bridgehead atoms. The number of hydrogen-bond donors (Lipinski definition) is 3. The molecule has 0 aromatic rings. The standard InChI is InChI=1S/C21H42O3/c1-20(2,12-7-17-22)11-5-3-9-19(24)10-4-6-13-21(15-16-21)14-8-18-23/h19,22-24H,3-18H2,1-2H3. The summed E-state index contributed by atoms with van der Waals surface area (Å²) >= 11 is 0. The fourth-order valence-corrected chi connectivity index (χ4v) is 3.95. The fourth-order valence-electron chi connectivity index (χ4n) is 3.95. The Balaban J connectivity index is 1.97. The topological polar surface area (TPSA) is 60.7 Å². The van der Waals surface area contributed by atoms with Gasteiger partial charge in [-0.15, -0.1) is 0 Å². The molecule has 0 aromatic heterocycles. The average molecular weight is 343 g/mol. The van der Waals surface area contributed by atoms with Crippen molar-refractivity contribution in [1.29, 1.82) is 0 Å². The zero-order valence-corrected chi connectivity index (χ0v) is 16.2. The van der Waals surface area contributed by atoms with Gasteiger partial charge in [0.2, 0.25) is 0 Å². The van der Waals surface area contributed by atoms with Crippen LogP contribution in [0.15, 0.2) is 0 Å². The van der Waals surface area contributed by atoms with E-state index in [-0.39, 0.29) is 6.10 Å². The van der Waals surface area contributed by atoms with Crippen LogP contribution in [0.3, 0.4) is 0 Å². The van der Waals surface area contributed by atoms with Crippen molar-refractivity contribution >= 4 is 0 Å². The molecule has 1 rings (SSSR count). The predicted octanol–water partition coefficient (Wildman–Crippen LogP) is 4.82. The van der Waals surface area contributed by atoms with E-state index in [1.54, 1.807) is 0 Å². The van der Waals surface area contributed by atoms with E-state index >= 15 is 0 Å². The van der Waals surface area contributed by atoms with E-state index in [1.165, 1.54) is 44.9 Å². The van der Waals surface area contributed by atoms with Crippen molar-refractivity contribution in [2.45, 2.75) is 110 Å². The normalized spacial score (nSPS) is 17.9. The number of unbranched alkanes of at least 4 members (excludes halogenated alkanes) is 2. The molecular weight excluding hydrogens is 300 g/mol. The highest BCUT2D eigenvalue weighted by Crippen LogP contribution is 2.53. The summed E-state index contributed by atoms with van der Waals surface area (Å²) in [5.74, 6) is 0. The summed E-state index contributed by atoms with van der Waals surface area (Å²) in [6, 6.07) is 0. The van der Waals surface area contributed by atoms with Crippen LogP contribution in [0.5, 0.6) is 0 Å². The Kier molecular flexibility index (Phi) is 10.5. The molecule has 144 valence electrons. The molecule has 3 heteroatoms. The zero-order valence-electron chi connectivity index (χ0n) is 16.2. The minimum absolute atomic E-state index is 0.127. The Bertz CT molecular complexity index is 292.